The van der Waals surface area contributed by atoms with E-state index in [0.717, 1.165) is 0 Å². The molecule has 78 valence electrons. The van der Waals surface area contributed by atoms with Crippen LogP contribution in [0.5, 0.6) is 0 Å². The first-order valence-electron chi connectivity index (χ1n) is 3.30. The average Bonchev–Trinajstić information content (AvgIpc) is 1.82. The molecule has 0 fully saturated rings. The second-order valence-corrected chi connectivity index (χ2v) is 2.83. The molecule has 0 bridgehead atoms. The molecule has 0 spiro atoms. The minimum absolute atomic E-state index is 0.479. The number of carbonyl (C=O) groups excluding carboxylic acids is 1. The molecule has 0 radical (unpaired) electrons. The molecule has 13 heavy (non-hydrogen) atoms. The number of alkyl halides is 5. The van der Waals surface area contributed by atoms with Crippen LogP contribution in [0.15, 0.2) is 0 Å². The van der Waals surface area contributed by atoms with Crippen molar-refractivity contribution in [3.63, 3.8) is 0 Å². The van der Waals surface area contributed by atoms with Crippen LogP contribution in [0.3, 0.4) is 0 Å². The first-order valence-corrected chi connectivity index (χ1v) is 3.67. The van der Waals surface area contributed by atoms with E-state index >= 15 is 0 Å². The first kappa shape index (κ1) is 12.6. The topological polar surface area (TPSA) is 17.1 Å². The smallest absolute Gasteiger partial charge is 0.281 e. The summed E-state index contributed by atoms with van der Waals surface area (Å²) in [6, 6.07) is 0. The fourth-order valence-corrected chi connectivity index (χ4v) is 0.725. The Morgan fingerprint density at radius 3 is 1.92 bits per heavy atom. The molecule has 0 aliphatic rings. The molecule has 0 saturated heterocycles. The van der Waals surface area contributed by atoms with E-state index in [1.165, 1.54) is 0 Å². The summed E-state index contributed by atoms with van der Waals surface area (Å²) < 4.78 is 58.7. The predicted octanol–water partition coefficient (Wildman–Crippen LogP) is 3.12. The van der Waals surface area contributed by atoms with Gasteiger partial charge in [0.15, 0.2) is 0 Å². The lowest BCUT2D eigenvalue weighted by Gasteiger charge is -2.18. The van der Waals surface area contributed by atoms with Crippen molar-refractivity contribution in [3.05, 3.63) is 0 Å². The van der Waals surface area contributed by atoms with E-state index in [0.29, 0.717) is 0 Å². The van der Waals surface area contributed by atoms with Gasteiger partial charge < -0.3 is 0 Å². The van der Waals surface area contributed by atoms with E-state index in [9.17, 15) is 26.7 Å². The molecule has 0 aliphatic carbocycles. The molecule has 0 aromatic carbocycles. The fourth-order valence-electron chi connectivity index (χ4n) is 0.591. The van der Waals surface area contributed by atoms with Crippen LogP contribution < -0.4 is 0 Å². The second kappa shape index (κ2) is 4.21. The van der Waals surface area contributed by atoms with Gasteiger partial charge in [-0.3, -0.25) is 4.79 Å². The van der Waals surface area contributed by atoms with Crippen molar-refractivity contribution < 1.29 is 26.7 Å². The summed E-state index contributed by atoms with van der Waals surface area (Å²) >= 11 is 4.76. The fraction of sp³-hybridized carbons (Fsp3) is 0.833. The van der Waals surface area contributed by atoms with Crippen molar-refractivity contribution in [2.75, 3.05) is 0 Å². The zero-order valence-corrected chi connectivity index (χ0v) is 7.05. The molecule has 0 heterocycles. The van der Waals surface area contributed by atoms with Gasteiger partial charge in [-0.25, -0.2) is 0 Å². The highest BCUT2D eigenvalue weighted by Crippen LogP contribution is 2.39. The molecule has 0 aliphatic heterocycles. The van der Waals surface area contributed by atoms with Gasteiger partial charge in [-0.15, -0.1) is 0 Å². The second-order valence-electron chi connectivity index (χ2n) is 2.41. The van der Waals surface area contributed by atoms with E-state index in [1.54, 1.807) is 0 Å². The van der Waals surface area contributed by atoms with Crippen molar-refractivity contribution in [1.82, 2.24) is 0 Å². The summed E-state index contributed by atoms with van der Waals surface area (Å²) in [7, 11) is 0. The van der Waals surface area contributed by atoms with Crippen LogP contribution in [0.4, 0.5) is 22.0 Å². The Morgan fingerprint density at radius 2 is 1.62 bits per heavy atom. The molecule has 0 amide bonds. The monoisotopic (exact) mass is 224 g/mol. The summed E-state index contributed by atoms with van der Waals surface area (Å²) in [6.45, 7) is 0. The third-order valence-electron chi connectivity index (χ3n) is 1.28. The van der Waals surface area contributed by atoms with Crippen LogP contribution in [0, 0.1) is 0 Å². The van der Waals surface area contributed by atoms with Gasteiger partial charge in [0.05, 0.1) is 0 Å². The van der Waals surface area contributed by atoms with Crippen molar-refractivity contribution in [2.24, 2.45) is 0 Å². The quantitative estimate of drug-likeness (QED) is 0.530. The molecule has 1 nitrogen and oxygen atoms in total. The molecule has 0 aromatic rings. The van der Waals surface area contributed by atoms with Gasteiger partial charge >= 0.3 is 12.1 Å². The largest absolute Gasteiger partial charge is 0.453 e. The zero-order chi connectivity index (χ0) is 10.7. The molecular weight excluding hydrogens is 219 g/mol. The normalized spacial score (nSPS) is 13.1. The van der Waals surface area contributed by atoms with Crippen LogP contribution in [0.2, 0.25) is 0 Å². The maximum Gasteiger partial charge on any atom is 0.453 e. The summed E-state index contributed by atoms with van der Waals surface area (Å²) in [6.07, 6.45) is -8.01. The van der Waals surface area contributed by atoms with Crippen molar-refractivity contribution >= 4 is 16.8 Å². The molecule has 0 saturated carbocycles. The van der Waals surface area contributed by atoms with Gasteiger partial charge in [0.1, 0.15) is 0 Å². The zero-order valence-electron chi connectivity index (χ0n) is 6.30. The minimum Gasteiger partial charge on any atom is -0.281 e. The van der Waals surface area contributed by atoms with E-state index in [-0.39, 0.29) is 0 Å². The van der Waals surface area contributed by atoms with Crippen molar-refractivity contribution in [2.45, 2.75) is 31.4 Å². The predicted molar refractivity (Wildman–Crippen MR) is 35.7 cm³/mol. The number of carbonyl (C=O) groups is 1. The molecular formula is C6H6ClF5O. The van der Waals surface area contributed by atoms with Crippen LogP contribution in [-0.2, 0) is 4.79 Å². The molecule has 0 unspecified atom stereocenters. The maximum atomic E-state index is 12.1. The third-order valence-corrected chi connectivity index (χ3v) is 1.47. The van der Waals surface area contributed by atoms with Gasteiger partial charge in [-0.1, -0.05) is 0 Å². The standard InChI is InChI=1S/C6H6ClF5O/c7-4(13)2-1-3-5(8,9)6(10,11)12/h1-3H2. The molecule has 0 rings (SSSR count). The SMILES string of the molecule is O=C(Cl)CCCC(F)(F)C(F)(F)F. The van der Waals surface area contributed by atoms with E-state index in [1.807, 2.05) is 0 Å². The van der Waals surface area contributed by atoms with Gasteiger partial charge in [0.25, 0.3) is 0 Å². The average molecular weight is 225 g/mol. The Kier molecular flexibility index (Phi) is 4.09. The Hall–Kier alpha value is -0.390. The number of hydrogen-bond acceptors (Lipinski definition) is 1. The lowest BCUT2D eigenvalue weighted by molar-refractivity contribution is -0.284. The maximum absolute atomic E-state index is 12.1. The Labute approximate surface area is 75.9 Å². The lowest BCUT2D eigenvalue weighted by atomic mass is 10.1. The number of rotatable bonds is 4. The number of halogens is 6. The highest BCUT2D eigenvalue weighted by molar-refractivity contribution is 6.63. The minimum atomic E-state index is -5.55. The van der Waals surface area contributed by atoms with E-state index in [4.69, 9.17) is 11.6 Å². The van der Waals surface area contributed by atoms with Crippen LogP contribution in [0.25, 0.3) is 0 Å². The molecule has 0 aromatic heterocycles. The first-order chi connectivity index (χ1) is 5.67. The summed E-state index contributed by atoms with van der Waals surface area (Å²) in [5.74, 6) is -4.74. The number of hydrogen-bond donors (Lipinski definition) is 0. The van der Waals surface area contributed by atoms with E-state index in [2.05, 4.69) is 0 Å². The van der Waals surface area contributed by atoms with Crippen LogP contribution in [0.1, 0.15) is 19.3 Å². The Bertz CT molecular complexity index is 188. The third kappa shape index (κ3) is 4.40. The van der Waals surface area contributed by atoms with Crippen molar-refractivity contribution in [1.29, 1.82) is 0 Å². The Morgan fingerprint density at radius 1 is 1.15 bits per heavy atom. The van der Waals surface area contributed by atoms with E-state index < -0.39 is 36.6 Å². The van der Waals surface area contributed by atoms with Gasteiger partial charge in [-0.2, -0.15) is 22.0 Å². The summed E-state index contributed by atoms with van der Waals surface area (Å²) in [5.41, 5.74) is 0. The van der Waals surface area contributed by atoms with Crippen LogP contribution >= 0.6 is 11.6 Å². The summed E-state index contributed by atoms with van der Waals surface area (Å²) in [4.78, 5) is 10.0. The Balaban J connectivity index is 3.97. The molecule has 0 N–H and O–H groups in total. The molecule has 0 atom stereocenters. The highest BCUT2D eigenvalue weighted by atomic mass is 35.5. The van der Waals surface area contributed by atoms with Crippen molar-refractivity contribution in [3.8, 4) is 0 Å². The van der Waals surface area contributed by atoms with Gasteiger partial charge in [0.2, 0.25) is 5.24 Å². The molecule has 7 heteroatoms. The highest BCUT2D eigenvalue weighted by Gasteiger charge is 2.56. The lowest BCUT2D eigenvalue weighted by Crippen LogP contribution is -2.36. The van der Waals surface area contributed by atoms with Gasteiger partial charge in [0, 0.05) is 12.8 Å². The van der Waals surface area contributed by atoms with Crippen LogP contribution in [-0.4, -0.2) is 17.3 Å². The summed E-state index contributed by atoms with van der Waals surface area (Å²) in [5, 5.41) is -0.919. The van der Waals surface area contributed by atoms with Gasteiger partial charge in [-0.05, 0) is 18.0 Å².